The van der Waals surface area contributed by atoms with Crippen LogP contribution in [0.3, 0.4) is 0 Å². The van der Waals surface area contributed by atoms with Crippen LogP contribution in [0.25, 0.3) is 17.4 Å². The van der Waals surface area contributed by atoms with Gasteiger partial charge in [-0.2, -0.15) is 0 Å². The van der Waals surface area contributed by atoms with Crippen molar-refractivity contribution in [3.8, 4) is 11.3 Å². The number of benzene rings is 2. The fourth-order valence-corrected chi connectivity index (χ4v) is 5.30. The molecule has 8 nitrogen and oxygen atoms in total. The molecule has 0 amide bonds. The van der Waals surface area contributed by atoms with Gasteiger partial charge in [-0.15, -0.1) is 0 Å². The number of halogens is 1. The molecule has 0 saturated carbocycles. The number of nitrogens with zero attached hydrogens (tertiary/aromatic N) is 2. The van der Waals surface area contributed by atoms with Gasteiger partial charge in [0.25, 0.3) is 5.56 Å². The Labute approximate surface area is 219 Å². The van der Waals surface area contributed by atoms with Crippen molar-refractivity contribution in [3.63, 3.8) is 0 Å². The molecular weight excluding hydrogens is 511 g/mol. The minimum atomic E-state index is -1.05. The van der Waals surface area contributed by atoms with Crippen LogP contribution in [0.4, 0.5) is 4.39 Å². The molecule has 5 rings (SSSR count). The van der Waals surface area contributed by atoms with E-state index >= 15 is 0 Å². The highest BCUT2D eigenvalue weighted by Gasteiger charge is 2.33. The fourth-order valence-electron chi connectivity index (χ4n) is 4.27. The van der Waals surface area contributed by atoms with Crippen molar-refractivity contribution in [1.82, 2.24) is 4.57 Å². The molecule has 0 saturated heterocycles. The maximum absolute atomic E-state index is 13.7. The zero-order valence-corrected chi connectivity index (χ0v) is 21.1. The number of aromatic nitrogens is 1. The van der Waals surface area contributed by atoms with Crippen LogP contribution >= 0.6 is 11.3 Å². The highest BCUT2D eigenvalue weighted by molar-refractivity contribution is 7.07. The molecule has 4 aromatic rings. The van der Waals surface area contributed by atoms with Crippen LogP contribution in [-0.4, -0.2) is 28.2 Å². The lowest BCUT2D eigenvalue weighted by Crippen LogP contribution is -2.39. The van der Waals surface area contributed by atoms with E-state index in [1.807, 2.05) is 0 Å². The first-order valence-corrected chi connectivity index (χ1v) is 12.5. The number of rotatable bonds is 6. The molecule has 2 aromatic carbocycles. The van der Waals surface area contributed by atoms with Crippen LogP contribution < -0.4 is 14.9 Å². The lowest BCUT2D eigenvalue weighted by atomic mass is 9.96. The first-order valence-electron chi connectivity index (χ1n) is 11.7. The highest BCUT2D eigenvalue weighted by Crippen LogP contribution is 2.31. The van der Waals surface area contributed by atoms with Crippen LogP contribution in [0.1, 0.15) is 41.6 Å². The number of carbonyl (C=O) groups excluding carboxylic acids is 1. The van der Waals surface area contributed by atoms with Crippen molar-refractivity contribution in [2.45, 2.75) is 19.9 Å². The maximum Gasteiger partial charge on any atom is 0.338 e. The van der Waals surface area contributed by atoms with Crippen molar-refractivity contribution in [3.05, 3.63) is 114 Å². The second-order valence-electron chi connectivity index (χ2n) is 8.44. The molecule has 2 aromatic heterocycles. The topological polar surface area (TPSA) is 111 Å². The molecule has 1 unspecified atom stereocenters. The van der Waals surface area contributed by atoms with Crippen molar-refractivity contribution < 1.29 is 28.2 Å². The van der Waals surface area contributed by atoms with E-state index in [-0.39, 0.29) is 17.7 Å². The molecule has 1 N–H and O–H groups in total. The molecule has 1 aliphatic heterocycles. The molecule has 0 spiro atoms. The van der Waals surface area contributed by atoms with Gasteiger partial charge in [-0.3, -0.25) is 9.36 Å². The number of fused-ring (bicyclic) bond motifs is 1. The van der Waals surface area contributed by atoms with E-state index < -0.39 is 29.4 Å². The van der Waals surface area contributed by atoms with Crippen LogP contribution in [0.5, 0.6) is 0 Å². The van der Waals surface area contributed by atoms with Crippen LogP contribution in [-0.2, 0) is 9.53 Å². The fraction of sp³-hybridized carbons (Fsp3) is 0.143. The van der Waals surface area contributed by atoms with E-state index in [2.05, 4.69) is 4.99 Å². The summed E-state index contributed by atoms with van der Waals surface area (Å²) in [5.74, 6) is -1.27. The van der Waals surface area contributed by atoms with Gasteiger partial charge in [0.15, 0.2) is 4.80 Å². The summed E-state index contributed by atoms with van der Waals surface area (Å²) in [7, 11) is 0. The van der Waals surface area contributed by atoms with Gasteiger partial charge in [0.2, 0.25) is 0 Å². The maximum atomic E-state index is 13.7. The number of allylic oxidation sites excluding steroid dienone is 1. The molecular formula is C28H21FN2O6S. The van der Waals surface area contributed by atoms with Crippen LogP contribution in [0, 0.1) is 5.82 Å². The zero-order valence-electron chi connectivity index (χ0n) is 20.3. The number of hydrogen-bond donors (Lipinski definition) is 1. The third kappa shape index (κ3) is 4.61. The number of thiazole rings is 1. The summed E-state index contributed by atoms with van der Waals surface area (Å²) in [6.07, 6.45) is 1.57. The summed E-state index contributed by atoms with van der Waals surface area (Å²) in [6.45, 7) is 3.50. The highest BCUT2D eigenvalue weighted by atomic mass is 32.1. The molecule has 3 heterocycles. The van der Waals surface area contributed by atoms with Gasteiger partial charge in [-0.05, 0) is 55.8 Å². The number of carboxylic acids is 1. The molecule has 1 aliphatic rings. The van der Waals surface area contributed by atoms with Gasteiger partial charge in [0, 0.05) is 11.6 Å². The molecule has 38 heavy (non-hydrogen) atoms. The Kier molecular flexibility index (Phi) is 6.64. The Balaban J connectivity index is 1.61. The Hall–Kier alpha value is -4.57. The van der Waals surface area contributed by atoms with Gasteiger partial charge < -0.3 is 14.3 Å². The van der Waals surface area contributed by atoms with E-state index in [4.69, 9.17) is 9.15 Å². The number of aromatic carboxylic acids is 1. The van der Waals surface area contributed by atoms with Crippen molar-refractivity contribution in [2.75, 3.05) is 6.61 Å². The lowest BCUT2D eigenvalue weighted by molar-refractivity contribution is -0.139. The Bertz CT molecular complexity index is 1780. The number of carboxylic acid groups (broad SMARTS) is 1. The standard InChI is InChI=1S/C28H21FN2O6S/c1-3-36-27(35)23-15(2)30-28-31(24(23)16-7-9-19(29)10-8-16)25(32)22(38-28)14-20-11-12-21(37-20)17-5-4-6-18(13-17)26(33)34/h4-14,24H,3H2,1-2H3,(H,33,34). The Morgan fingerprint density at radius 2 is 1.95 bits per heavy atom. The average Bonchev–Trinajstić information content (AvgIpc) is 3.48. The molecule has 192 valence electrons. The van der Waals surface area contributed by atoms with Crippen molar-refractivity contribution >= 4 is 29.4 Å². The summed E-state index contributed by atoms with van der Waals surface area (Å²) in [5, 5.41) is 9.25. The van der Waals surface area contributed by atoms with E-state index in [0.29, 0.717) is 37.7 Å². The Morgan fingerprint density at radius 1 is 1.18 bits per heavy atom. The second kappa shape index (κ2) is 10.1. The smallest absolute Gasteiger partial charge is 0.338 e. The average molecular weight is 533 g/mol. The minimum Gasteiger partial charge on any atom is -0.478 e. The van der Waals surface area contributed by atoms with Gasteiger partial charge in [0.05, 0.1) is 34.0 Å². The molecule has 0 aliphatic carbocycles. The van der Waals surface area contributed by atoms with Gasteiger partial charge in [-0.1, -0.05) is 35.6 Å². The van der Waals surface area contributed by atoms with Gasteiger partial charge in [-0.25, -0.2) is 19.0 Å². The first-order chi connectivity index (χ1) is 18.3. The summed E-state index contributed by atoms with van der Waals surface area (Å²) in [5.41, 5.74) is 1.46. The van der Waals surface area contributed by atoms with Gasteiger partial charge in [0.1, 0.15) is 17.3 Å². The van der Waals surface area contributed by atoms with Crippen LogP contribution in [0.2, 0.25) is 0 Å². The summed E-state index contributed by atoms with van der Waals surface area (Å²) >= 11 is 1.13. The number of hydrogen-bond acceptors (Lipinski definition) is 7. The number of ether oxygens (including phenoxy) is 1. The largest absolute Gasteiger partial charge is 0.478 e. The molecule has 0 bridgehead atoms. The van der Waals surface area contributed by atoms with E-state index in [0.717, 1.165) is 11.3 Å². The first kappa shape index (κ1) is 25.1. The van der Waals surface area contributed by atoms with E-state index in [1.165, 1.54) is 41.0 Å². The van der Waals surface area contributed by atoms with E-state index in [9.17, 15) is 23.9 Å². The number of esters is 1. The molecule has 0 fully saturated rings. The zero-order chi connectivity index (χ0) is 27.0. The third-order valence-corrected chi connectivity index (χ3v) is 6.98. The summed E-state index contributed by atoms with van der Waals surface area (Å²) < 4.78 is 26.5. The summed E-state index contributed by atoms with van der Waals surface area (Å²) in [6, 6.07) is 14.4. The normalized spacial score (nSPS) is 15.2. The predicted octanol–water partition coefficient (Wildman–Crippen LogP) is 3.90. The minimum absolute atomic E-state index is 0.127. The summed E-state index contributed by atoms with van der Waals surface area (Å²) in [4.78, 5) is 42.7. The number of furan rings is 1. The van der Waals surface area contributed by atoms with Crippen molar-refractivity contribution in [1.29, 1.82) is 0 Å². The molecule has 1 atom stereocenters. The van der Waals surface area contributed by atoms with Crippen LogP contribution in [0.15, 0.2) is 86.1 Å². The quantitative estimate of drug-likeness (QED) is 0.377. The number of carbonyl (C=O) groups is 2. The van der Waals surface area contributed by atoms with E-state index in [1.54, 1.807) is 44.2 Å². The monoisotopic (exact) mass is 532 g/mol. The Morgan fingerprint density at radius 3 is 2.66 bits per heavy atom. The second-order valence-corrected chi connectivity index (χ2v) is 9.45. The molecule has 0 radical (unpaired) electrons. The molecule has 10 heteroatoms. The lowest BCUT2D eigenvalue weighted by Gasteiger charge is -2.24. The SMILES string of the molecule is CCOC(=O)C1=C(C)N=c2sc(=Cc3ccc(-c4cccc(C(=O)O)c4)o3)c(=O)n2C1c1ccc(F)cc1. The van der Waals surface area contributed by atoms with Crippen molar-refractivity contribution in [2.24, 2.45) is 4.99 Å². The third-order valence-electron chi connectivity index (χ3n) is 6.00. The van der Waals surface area contributed by atoms with Gasteiger partial charge >= 0.3 is 11.9 Å². The predicted molar refractivity (Wildman–Crippen MR) is 138 cm³/mol.